The van der Waals surface area contributed by atoms with Gasteiger partial charge in [-0.15, -0.1) is 0 Å². The highest BCUT2D eigenvalue weighted by molar-refractivity contribution is 5.99. The van der Waals surface area contributed by atoms with Crippen LogP contribution >= 0.6 is 0 Å². The van der Waals surface area contributed by atoms with Crippen molar-refractivity contribution in [3.63, 3.8) is 0 Å². The lowest BCUT2D eigenvalue weighted by Gasteiger charge is -2.30. The summed E-state index contributed by atoms with van der Waals surface area (Å²) in [4.78, 5) is 79.5. The Morgan fingerprint density at radius 1 is 0.560 bits per heavy atom. The minimum absolute atomic E-state index is 0.195. The summed E-state index contributed by atoms with van der Waals surface area (Å²) < 4.78 is 21.6. The molecule has 0 aromatic heterocycles. The van der Waals surface area contributed by atoms with Gasteiger partial charge in [-0.3, -0.25) is 19.4 Å². The molecule has 2 amide bonds. The van der Waals surface area contributed by atoms with E-state index in [9.17, 15) is 28.8 Å². The molecule has 4 atom stereocenters. The van der Waals surface area contributed by atoms with Crippen molar-refractivity contribution in [2.75, 3.05) is 13.2 Å². The predicted octanol–water partition coefficient (Wildman–Crippen LogP) is 6.38. The molecule has 12 heteroatoms. The summed E-state index contributed by atoms with van der Waals surface area (Å²) >= 11 is 0. The zero-order chi connectivity index (χ0) is 37.0. The number of hydrogen-bond donors (Lipinski definition) is 0. The lowest BCUT2D eigenvalue weighted by atomic mass is 10.0. The quantitative estimate of drug-likeness (QED) is 0.165. The van der Waals surface area contributed by atoms with Gasteiger partial charge in [0.05, 0.1) is 0 Å². The van der Waals surface area contributed by atoms with Crippen LogP contribution in [0, 0.1) is 0 Å². The summed E-state index contributed by atoms with van der Waals surface area (Å²) in [6, 6.07) is 11.5. The molecule has 50 heavy (non-hydrogen) atoms. The number of esters is 2. The second kappa shape index (κ2) is 15.4. The minimum Gasteiger partial charge on any atom is -0.456 e. The SMILES string of the molecule is CC1CCC(C(=O)OCC(=O)c2ccc(-c3ccc(C(=O)COC(=O)C4CCC(C)N4C(=O)OC(C)(C)C)cc3)cc2)N1C(=O)OC(C)(C)C. The maximum absolute atomic E-state index is 12.9. The first-order valence-electron chi connectivity index (χ1n) is 17.0. The summed E-state index contributed by atoms with van der Waals surface area (Å²) in [5, 5.41) is 0. The summed E-state index contributed by atoms with van der Waals surface area (Å²) in [7, 11) is 0. The van der Waals surface area contributed by atoms with E-state index in [2.05, 4.69) is 0 Å². The second-order valence-electron chi connectivity index (χ2n) is 14.9. The van der Waals surface area contributed by atoms with Gasteiger partial charge in [0.1, 0.15) is 23.3 Å². The van der Waals surface area contributed by atoms with Crippen LogP contribution in [0.3, 0.4) is 0 Å². The fraction of sp³-hybridized carbons (Fsp3) is 0.526. The highest BCUT2D eigenvalue weighted by atomic mass is 16.6. The normalized spacial score (nSPS) is 20.6. The Hall–Kier alpha value is -4.74. The fourth-order valence-corrected chi connectivity index (χ4v) is 6.00. The maximum Gasteiger partial charge on any atom is 0.411 e. The summed E-state index contributed by atoms with van der Waals surface area (Å²) in [6.45, 7) is 13.3. The van der Waals surface area contributed by atoms with Crippen LogP contribution in [0.5, 0.6) is 0 Å². The molecule has 0 bridgehead atoms. The van der Waals surface area contributed by atoms with E-state index in [1.807, 2.05) is 13.8 Å². The molecule has 2 fully saturated rings. The van der Waals surface area contributed by atoms with E-state index in [4.69, 9.17) is 18.9 Å². The number of amides is 2. The number of ketones is 2. The topological polar surface area (TPSA) is 146 Å². The molecule has 2 saturated heterocycles. The summed E-state index contributed by atoms with van der Waals surface area (Å²) in [6.07, 6.45) is 0.905. The highest BCUT2D eigenvalue weighted by Crippen LogP contribution is 2.29. The average molecular weight is 693 g/mol. The lowest BCUT2D eigenvalue weighted by molar-refractivity contribution is -0.148. The molecule has 0 radical (unpaired) electrons. The molecule has 2 aliphatic rings. The first-order valence-corrected chi connectivity index (χ1v) is 17.0. The third-order valence-corrected chi connectivity index (χ3v) is 8.53. The van der Waals surface area contributed by atoms with Gasteiger partial charge in [0.2, 0.25) is 0 Å². The molecule has 0 aliphatic carbocycles. The van der Waals surface area contributed by atoms with Crippen LogP contribution in [0.15, 0.2) is 48.5 Å². The Kier molecular flexibility index (Phi) is 11.8. The monoisotopic (exact) mass is 692 g/mol. The van der Waals surface area contributed by atoms with Crippen molar-refractivity contribution in [1.29, 1.82) is 0 Å². The molecule has 2 aromatic rings. The van der Waals surface area contributed by atoms with Crippen molar-refractivity contribution in [2.45, 2.75) is 116 Å². The Morgan fingerprint density at radius 3 is 1.18 bits per heavy atom. The number of ether oxygens (including phenoxy) is 4. The Morgan fingerprint density at radius 2 is 0.880 bits per heavy atom. The molecule has 0 spiro atoms. The van der Waals surface area contributed by atoms with Crippen molar-refractivity contribution in [1.82, 2.24) is 9.80 Å². The zero-order valence-electron chi connectivity index (χ0n) is 30.1. The predicted molar refractivity (Wildman–Crippen MR) is 184 cm³/mol. The van der Waals surface area contributed by atoms with Crippen molar-refractivity contribution in [2.24, 2.45) is 0 Å². The Balaban J connectivity index is 1.28. The van der Waals surface area contributed by atoms with Crippen LogP contribution in [0.4, 0.5) is 9.59 Å². The molecular formula is C38H48N2O10. The van der Waals surface area contributed by atoms with Gasteiger partial charge in [0.15, 0.2) is 24.8 Å². The van der Waals surface area contributed by atoms with Crippen molar-refractivity contribution in [3.8, 4) is 11.1 Å². The van der Waals surface area contributed by atoms with E-state index >= 15 is 0 Å². The van der Waals surface area contributed by atoms with Gasteiger partial charge in [-0.2, -0.15) is 0 Å². The van der Waals surface area contributed by atoms with Crippen LogP contribution in [0.2, 0.25) is 0 Å². The number of rotatable bonds is 9. The highest BCUT2D eigenvalue weighted by Gasteiger charge is 2.43. The van der Waals surface area contributed by atoms with E-state index in [-0.39, 0.29) is 12.1 Å². The van der Waals surface area contributed by atoms with Crippen LogP contribution in [0.25, 0.3) is 11.1 Å². The minimum atomic E-state index is -0.817. The van der Waals surface area contributed by atoms with Crippen LogP contribution in [-0.4, -0.2) is 94.1 Å². The van der Waals surface area contributed by atoms with Gasteiger partial charge >= 0.3 is 24.1 Å². The molecule has 270 valence electrons. The van der Waals surface area contributed by atoms with E-state index in [1.165, 1.54) is 9.80 Å². The molecule has 0 saturated carbocycles. The third kappa shape index (κ3) is 9.70. The molecule has 0 N–H and O–H groups in total. The van der Waals surface area contributed by atoms with Gasteiger partial charge in [-0.25, -0.2) is 19.2 Å². The molecule has 12 nitrogen and oxygen atoms in total. The van der Waals surface area contributed by atoms with E-state index in [1.54, 1.807) is 90.1 Å². The van der Waals surface area contributed by atoms with Gasteiger partial charge in [0, 0.05) is 23.2 Å². The number of nitrogens with zero attached hydrogens (tertiary/aromatic N) is 2. The van der Waals surface area contributed by atoms with Crippen molar-refractivity contribution >= 4 is 35.7 Å². The van der Waals surface area contributed by atoms with Crippen molar-refractivity contribution < 1.29 is 47.7 Å². The van der Waals surface area contributed by atoms with Gasteiger partial charge < -0.3 is 18.9 Å². The molecule has 2 aliphatic heterocycles. The maximum atomic E-state index is 12.9. The van der Waals surface area contributed by atoms with Crippen LogP contribution in [-0.2, 0) is 28.5 Å². The molecular weight excluding hydrogens is 644 g/mol. The van der Waals surface area contributed by atoms with E-state index in [0.717, 1.165) is 11.1 Å². The largest absolute Gasteiger partial charge is 0.456 e. The van der Waals surface area contributed by atoms with Gasteiger partial charge in [-0.05, 0) is 92.2 Å². The first-order chi connectivity index (χ1) is 23.3. The number of likely N-dealkylation sites (tertiary alicyclic amines) is 2. The zero-order valence-corrected chi connectivity index (χ0v) is 30.1. The standard InChI is InChI=1S/C38H48N2O10/c1-23-9-19-29(39(23)35(45)49-37(3,4)5)33(43)47-21-31(41)27-15-11-25(12-16-27)26-13-17-28(18-14-26)32(42)22-48-34(44)30-20-10-24(2)40(30)36(46)50-38(6,7)8/h11-18,23-24,29-30H,9-10,19-22H2,1-8H3. The molecule has 2 aromatic carbocycles. The van der Waals surface area contributed by atoms with Gasteiger partial charge in [0.25, 0.3) is 0 Å². The smallest absolute Gasteiger partial charge is 0.411 e. The number of benzene rings is 2. The van der Waals surface area contributed by atoms with Crippen LogP contribution in [0.1, 0.15) is 102 Å². The molecule has 4 rings (SSSR count). The third-order valence-electron chi connectivity index (χ3n) is 8.53. The van der Waals surface area contributed by atoms with Crippen LogP contribution < -0.4 is 0 Å². The molecule has 2 heterocycles. The van der Waals surface area contributed by atoms with E-state index in [0.29, 0.717) is 36.8 Å². The average Bonchev–Trinajstić information content (AvgIpc) is 3.63. The van der Waals surface area contributed by atoms with Crippen molar-refractivity contribution in [3.05, 3.63) is 59.7 Å². The van der Waals surface area contributed by atoms with Gasteiger partial charge in [-0.1, -0.05) is 48.5 Å². The second-order valence-corrected chi connectivity index (χ2v) is 14.9. The number of hydrogen-bond acceptors (Lipinski definition) is 10. The number of Topliss-reactive ketones (excluding diaryl/α,β-unsaturated/α-hetero) is 2. The number of carbonyl (C=O) groups is 6. The van der Waals surface area contributed by atoms with E-state index < -0.39 is 72.2 Å². The summed E-state index contributed by atoms with van der Waals surface area (Å²) in [5.74, 6) is -2.08. The molecule has 4 unspecified atom stereocenters. The fourth-order valence-electron chi connectivity index (χ4n) is 6.00. The Bertz CT molecular complexity index is 1470. The summed E-state index contributed by atoms with van der Waals surface area (Å²) in [5.41, 5.74) is 0.844. The Labute approximate surface area is 293 Å². The first kappa shape index (κ1) is 38.1. The lowest BCUT2D eigenvalue weighted by Crippen LogP contribution is -2.47. The number of carbonyl (C=O) groups excluding carboxylic acids is 6.